The second-order valence-corrected chi connectivity index (χ2v) is 9.20. The van der Waals surface area contributed by atoms with Crippen LogP contribution < -0.4 is 15.4 Å². The third kappa shape index (κ3) is 6.55. The minimum absolute atomic E-state index is 0.0471. The van der Waals surface area contributed by atoms with E-state index in [2.05, 4.69) is 47.1 Å². The molecule has 1 aromatic heterocycles. The Bertz CT molecular complexity index is 816. The molecule has 0 atom stereocenters. The van der Waals surface area contributed by atoms with Crippen molar-refractivity contribution in [1.29, 1.82) is 0 Å². The molecule has 3 rings (SSSR count). The van der Waals surface area contributed by atoms with Crippen molar-refractivity contribution < 1.29 is 14.3 Å². The van der Waals surface area contributed by atoms with Gasteiger partial charge in [0.1, 0.15) is 12.4 Å². The van der Waals surface area contributed by atoms with E-state index in [9.17, 15) is 9.59 Å². The van der Waals surface area contributed by atoms with E-state index in [1.165, 1.54) is 4.88 Å². The molecule has 0 saturated heterocycles. The first-order valence-electron chi connectivity index (χ1n) is 10.9. The Morgan fingerprint density at radius 2 is 1.77 bits per heavy atom. The lowest BCUT2D eigenvalue weighted by Gasteiger charge is -2.44. The number of carbonyl (C=O) groups is 2. The lowest BCUT2D eigenvalue weighted by Crippen LogP contribution is -2.48. The van der Waals surface area contributed by atoms with Gasteiger partial charge in [-0.1, -0.05) is 24.3 Å². The predicted octanol–water partition coefficient (Wildman–Crippen LogP) is 3.54. The van der Waals surface area contributed by atoms with Crippen molar-refractivity contribution in [1.82, 2.24) is 15.5 Å². The van der Waals surface area contributed by atoms with Crippen LogP contribution in [0.1, 0.15) is 43.4 Å². The molecule has 1 saturated carbocycles. The molecule has 1 heterocycles. The van der Waals surface area contributed by atoms with Crippen LogP contribution in [0.3, 0.4) is 0 Å². The highest BCUT2D eigenvalue weighted by molar-refractivity contribution is 7.10. The summed E-state index contributed by atoms with van der Waals surface area (Å²) in [7, 11) is 4.28. The van der Waals surface area contributed by atoms with Crippen LogP contribution >= 0.6 is 11.3 Å². The molecule has 31 heavy (non-hydrogen) atoms. The zero-order valence-electron chi connectivity index (χ0n) is 18.4. The molecule has 0 radical (unpaired) electrons. The highest BCUT2D eigenvalue weighted by Gasteiger charge is 2.39. The molecule has 0 aliphatic heterocycles. The summed E-state index contributed by atoms with van der Waals surface area (Å²) in [6.45, 7) is 0.829. The first-order chi connectivity index (χ1) is 15.0. The molecule has 1 aromatic carbocycles. The molecule has 2 amide bonds. The van der Waals surface area contributed by atoms with E-state index in [-0.39, 0.29) is 36.2 Å². The van der Waals surface area contributed by atoms with E-state index in [1.807, 2.05) is 41.7 Å². The Morgan fingerprint density at radius 3 is 2.42 bits per heavy atom. The number of ether oxygens (including phenoxy) is 1. The number of hydrogen-bond donors (Lipinski definition) is 2. The molecule has 1 aliphatic carbocycles. The summed E-state index contributed by atoms with van der Waals surface area (Å²) in [5.74, 6) is 0.606. The monoisotopic (exact) mass is 443 g/mol. The van der Waals surface area contributed by atoms with Crippen molar-refractivity contribution in [3.63, 3.8) is 0 Å². The topological polar surface area (TPSA) is 70.7 Å². The second-order valence-electron chi connectivity index (χ2n) is 8.26. The fourth-order valence-electron chi connectivity index (χ4n) is 4.19. The minimum Gasteiger partial charge on any atom is -0.492 e. The molecule has 2 aromatic rings. The first-order valence-corrected chi connectivity index (χ1v) is 11.8. The molecule has 1 fully saturated rings. The van der Waals surface area contributed by atoms with E-state index in [0.717, 1.165) is 31.4 Å². The average Bonchev–Trinajstić information content (AvgIpc) is 3.32. The Balaban J connectivity index is 1.32. The van der Waals surface area contributed by atoms with Gasteiger partial charge in [0.15, 0.2) is 0 Å². The predicted molar refractivity (Wildman–Crippen MR) is 124 cm³/mol. The van der Waals surface area contributed by atoms with Crippen LogP contribution in [0.25, 0.3) is 0 Å². The zero-order valence-corrected chi connectivity index (χ0v) is 19.2. The van der Waals surface area contributed by atoms with E-state index in [0.29, 0.717) is 13.2 Å². The SMILES string of the molecule is CN(C)C1(c2cccs2)CCC(NC(=O)CCC(=O)NCCOc2ccccc2)CC1. The third-order valence-corrected chi connectivity index (χ3v) is 7.09. The normalized spacial score (nSPS) is 20.9. The average molecular weight is 444 g/mol. The van der Waals surface area contributed by atoms with Crippen LogP contribution in [0.5, 0.6) is 5.75 Å². The maximum absolute atomic E-state index is 12.3. The van der Waals surface area contributed by atoms with Gasteiger partial charge < -0.3 is 15.4 Å². The van der Waals surface area contributed by atoms with Gasteiger partial charge in [0.05, 0.1) is 12.1 Å². The summed E-state index contributed by atoms with van der Waals surface area (Å²) in [5, 5.41) is 8.06. The number of carbonyl (C=O) groups excluding carboxylic acids is 2. The number of rotatable bonds is 10. The molecular formula is C24H33N3O3S. The Kier molecular flexibility index (Phi) is 8.49. The maximum Gasteiger partial charge on any atom is 0.220 e. The number of hydrogen-bond acceptors (Lipinski definition) is 5. The van der Waals surface area contributed by atoms with Gasteiger partial charge in [0.2, 0.25) is 11.8 Å². The number of benzene rings is 1. The van der Waals surface area contributed by atoms with Gasteiger partial charge in [-0.05, 0) is 63.4 Å². The summed E-state index contributed by atoms with van der Waals surface area (Å²) in [6, 6.07) is 14.0. The van der Waals surface area contributed by atoms with Crippen LogP contribution in [0.15, 0.2) is 47.8 Å². The van der Waals surface area contributed by atoms with Crippen molar-refractivity contribution in [2.24, 2.45) is 0 Å². The Labute approximate surface area is 189 Å². The molecule has 0 bridgehead atoms. The molecular weight excluding hydrogens is 410 g/mol. The zero-order chi connectivity index (χ0) is 22.1. The summed E-state index contributed by atoms with van der Waals surface area (Å²) in [6.07, 6.45) is 4.35. The standard InChI is InChI=1S/C24H33N3O3S/c1-27(2)24(21-9-6-18-31-21)14-12-19(13-15-24)26-23(29)11-10-22(28)25-16-17-30-20-7-4-3-5-8-20/h3-9,18-19H,10-17H2,1-2H3,(H,25,28)(H,26,29). The summed E-state index contributed by atoms with van der Waals surface area (Å²) in [4.78, 5) is 28.0. The van der Waals surface area contributed by atoms with Crippen molar-refractivity contribution in [2.45, 2.75) is 50.1 Å². The Hall–Kier alpha value is -2.38. The summed E-state index contributed by atoms with van der Waals surface area (Å²) < 4.78 is 5.55. The Morgan fingerprint density at radius 1 is 1.06 bits per heavy atom. The molecule has 2 N–H and O–H groups in total. The van der Waals surface area contributed by atoms with Crippen molar-refractivity contribution >= 4 is 23.2 Å². The van der Waals surface area contributed by atoms with Gasteiger partial charge in [-0.15, -0.1) is 11.3 Å². The van der Waals surface area contributed by atoms with Gasteiger partial charge in [0.25, 0.3) is 0 Å². The van der Waals surface area contributed by atoms with Gasteiger partial charge in [-0.2, -0.15) is 0 Å². The van der Waals surface area contributed by atoms with Crippen LogP contribution in [-0.2, 0) is 15.1 Å². The fourth-order valence-corrected chi connectivity index (χ4v) is 5.26. The largest absolute Gasteiger partial charge is 0.492 e. The smallest absolute Gasteiger partial charge is 0.220 e. The highest BCUT2D eigenvalue weighted by Crippen LogP contribution is 2.42. The maximum atomic E-state index is 12.3. The van der Waals surface area contributed by atoms with Crippen LogP contribution in [-0.4, -0.2) is 50.0 Å². The van der Waals surface area contributed by atoms with E-state index in [1.54, 1.807) is 0 Å². The third-order valence-electron chi connectivity index (χ3n) is 6.03. The van der Waals surface area contributed by atoms with E-state index in [4.69, 9.17) is 4.74 Å². The molecule has 168 valence electrons. The molecule has 1 aliphatic rings. The van der Waals surface area contributed by atoms with Gasteiger partial charge in [-0.25, -0.2) is 0 Å². The van der Waals surface area contributed by atoms with Crippen molar-refractivity contribution in [3.8, 4) is 5.75 Å². The van der Waals surface area contributed by atoms with E-state index >= 15 is 0 Å². The number of nitrogens with zero attached hydrogens (tertiary/aromatic N) is 1. The summed E-state index contributed by atoms with van der Waals surface area (Å²) >= 11 is 1.81. The number of thiophene rings is 1. The van der Waals surface area contributed by atoms with Gasteiger partial charge >= 0.3 is 0 Å². The molecule has 0 spiro atoms. The lowest BCUT2D eigenvalue weighted by molar-refractivity contribution is -0.127. The van der Waals surface area contributed by atoms with Crippen LogP contribution in [0.2, 0.25) is 0 Å². The van der Waals surface area contributed by atoms with Crippen LogP contribution in [0, 0.1) is 0 Å². The first kappa shape index (κ1) is 23.3. The lowest BCUT2D eigenvalue weighted by atomic mass is 9.77. The fraction of sp³-hybridized carbons (Fsp3) is 0.500. The van der Waals surface area contributed by atoms with Crippen LogP contribution in [0.4, 0.5) is 0 Å². The second kappa shape index (κ2) is 11.3. The van der Waals surface area contributed by atoms with Gasteiger partial charge in [0, 0.05) is 23.8 Å². The minimum atomic E-state index is -0.125. The van der Waals surface area contributed by atoms with Crippen molar-refractivity contribution in [3.05, 3.63) is 52.7 Å². The number of nitrogens with one attached hydrogen (secondary N) is 2. The molecule has 0 unspecified atom stereocenters. The number of amides is 2. The molecule has 7 heteroatoms. The van der Waals surface area contributed by atoms with Crippen molar-refractivity contribution in [2.75, 3.05) is 27.2 Å². The summed E-state index contributed by atoms with van der Waals surface area (Å²) in [5.41, 5.74) is 0.0666. The van der Waals surface area contributed by atoms with E-state index < -0.39 is 0 Å². The molecule has 6 nitrogen and oxygen atoms in total. The quantitative estimate of drug-likeness (QED) is 0.551. The highest BCUT2D eigenvalue weighted by atomic mass is 32.1. The van der Waals surface area contributed by atoms with Gasteiger partial charge in [-0.3, -0.25) is 14.5 Å². The number of para-hydroxylation sites is 1.